The Balaban J connectivity index is 0.00000280. The third-order valence-electron chi connectivity index (χ3n) is 3.93. The molecule has 0 amide bonds. The number of ether oxygens (including phenoxy) is 1. The maximum atomic E-state index is 5.27. The van der Waals surface area contributed by atoms with E-state index < -0.39 is 0 Å². The normalized spacial score (nSPS) is 10.9. The predicted molar refractivity (Wildman–Crippen MR) is 128 cm³/mol. The first kappa shape index (κ1) is 22.2. The van der Waals surface area contributed by atoms with Crippen molar-refractivity contribution < 1.29 is 4.74 Å². The highest BCUT2D eigenvalue weighted by atomic mass is 127. The molecule has 0 spiro atoms. The van der Waals surface area contributed by atoms with Gasteiger partial charge in [-0.3, -0.25) is 0 Å². The van der Waals surface area contributed by atoms with Gasteiger partial charge in [-0.15, -0.1) is 35.3 Å². The van der Waals surface area contributed by atoms with Gasteiger partial charge in [0, 0.05) is 17.5 Å². The van der Waals surface area contributed by atoms with Crippen LogP contribution in [0.4, 0.5) is 0 Å². The Hall–Kier alpha value is -2.13. The summed E-state index contributed by atoms with van der Waals surface area (Å²) in [5.41, 5.74) is 3.25. The average Bonchev–Trinajstić information content (AvgIpc) is 3.20. The molecule has 1 heterocycles. The van der Waals surface area contributed by atoms with Crippen LogP contribution < -0.4 is 15.4 Å². The molecule has 0 aliphatic rings. The standard InChI is InChI=1S/C21H24N4OS.HI/c1-3-22-21(23-13-16-8-7-11-18(12-16)26-2)24-14-20-25-19(15-27-20)17-9-5-4-6-10-17;/h4-12,15H,3,13-14H2,1-2H3,(H2,22,23,24);1H. The topological polar surface area (TPSA) is 58.5 Å². The van der Waals surface area contributed by atoms with E-state index in [0.29, 0.717) is 13.1 Å². The zero-order valence-electron chi connectivity index (χ0n) is 16.0. The molecule has 0 saturated heterocycles. The molecule has 0 atom stereocenters. The van der Waals surface area contributed by atoms with E-state index in [9.17, 15) is 0 Å². The fraction of sp³-hybridized carbons (Fsp3) is 0.238. The van der Waals surface area contributed by atoms with Crippen molar-refractivity contribution in [1.29, 1.82) is 0 Å². The minimum Gasteiger partial charge on any atom is -0.497 e. The zero-order chi connectivity index (χ0) is 18.9. The zero-order valence-corrected chi connectivity index (χ0v) is 19.2. The van der Waals surface area contributed by atoms with Crippen molar-refractivity contribution >= 4 is 41.3 Å². The van der Waals surface area contributed by atoms with Crippen molar-refractivity contribution in [2.75, 3.05) is 13.7 Å². The average molecular weight is 508 g/mol. The largest absolute Gasteiger partial charge is 0.497 e. The number of thiazole rings is 1. The van der Waals surface area contributed by atoms with Crippen LogP contribution in [0.5, 0.6) is 5.75 Å². The van der Waals surface area contributed by atoms with Gasteiger partial charge in [-0.1, -0.05) is 42.5 Å². The van der Waals surface area contributed by atoms with Crippen LogP contribution in [0.1, 0.15) is 17.5 Å². The number of aromatic nitrogens is 1. The molecule has 0 bridgehead atoms. The highest BCUT2D eigenvalue weighted by molar-refractivity contribution is 14.0. The third-order valence-corrected chi connectivity index (χ3v) is 4.78. The van der Waals surface area contributed by atoms with Gasteiger partial charge in [0.2, 0.25) is 0 Å². The van der Waals surface area contributed by atoms with E-state index in [4.69, 9.17) is 9.72 Å². The van der Waals surface area contributed by atoms with Crippen LogP contribution in [0.25, 0.3) is 11.3 Å². The van der Waals surface area contributed by atoms with Gasteiger partial charge in [0.25, 0.3) is 0 Å². The van der Waals surface area contributed by atoms with Gasteiger partial charge in [-0.25, -0.2) is 9.98 Å². The van der Waals surface area contributed by atoms with E-state index in [-0.39, 0.29) is 24.0 Å². The molecule has 2 aromatic carbocycles. The summed E-state index contributed by atoms with van der Waals surface area (Å²) in [6.45, 7) is 4.08. The molecule has 0 unspecified atom stereocenters. The molecule has 7 heteroatoms. The maximum absolute atomic E-state index is 5.27. The van der Waals surface area contributed by atoms with Crippen molar-refractivity contribution in [2.24, 2.45) is 4.99 Å². The Morgan fingerprint density at radius 1 is 1.11 bits per heavy atom. The molecule has 1 aromatic heterocycles. The van der Waals surface area contributed by atoms with Crippen LogP contribution in [0.3, 0.4) is 0 Å². The number of nitrogens with one attached hydrogen (secondary N) is 2. The molecule has 2 N–H and O–H groups in total. The summed E-state index contributed by atoms with van der Waals surface area (Å²) in [6, 6.07) is 18.2. The lowest BCUT2D eigenvalue weighted by Crippen LogP contribution is -2.36. The molecule has 0 fully saturated rings. The van der Waals surface area contributed by atoms with Gasteiger partial charge < -0.3 is 15.4 Å². The second kappa shape index (κ2) is 11.7. The Bertz CT molecular complexity index is 883. The summed E-state index contributed by atoms with van der Waals surface area (Å²) >= 11 is 1.65. The van der Waals surface area contributed by atoms with Gasteiger partial charge in [0.15, 0.2) is 5.96 Å². The summed E-state index contributed by atoms with van der Waals surface area (Å²) in [7, 11) is 1.67. The minimum absolute atomic E-state index is 0. The SMILES string of the molecule is CCNC(=NCc1cccc(OC)c1)NCc1nc(-c2ccccc2)cs1.I. The molecular formula is C21H25IN4OS. The number of hydrogen-bond acceptors (Lipinski definition) is 4. The lowest BCUT2D eigenvalue weighted by atomic mass is 10.2. The van der Waals surface area contributed by atoms with Gasteiger partial charge in [0.05, 0.1) is 25.9 Å². The van der Waals surface area contributed by atoms with Crippen LogP contribution in [0, 0.1) is 0 Å². The Morgan fingerprint density at radius 3 is 2.68 bits per heavy atom. The fourth-order valence-corrected chi connectivity index (χ4v) is 3.32. The van der Waals surface area contributed by atoms with E-state index in [1.165, 1.54) is 0 Å². The minimum atomic E-state index is 0. The monoisotopic (exact) mass is 508 g/mol. The number of guanidine groups is 1. The lowest BCUT2D eigenvalue weighted by molar-refractivity contribution is 0.414. The molecule has 28 heavy (non-hydrogen) atoms. The molecule has 0 aliphatic carbocycles. The number of methoxy groups -OCH3 is 1. The van der Waals surface area contributed by atoms with E-state index >= 15 is 0 Å². The quantitative estimate of drug-likeness (QED) is 0.276. The van der Waals surface area contributed by atoms with Crippen molar-refractivity contribution in [3.63, 3.8) is 0 Å². The van der Waals surface area contributed by atoms with E-state index in [0.717, 1.165) is 40.1 Å². The van der Waals surface area contributed by atoms with Crippen LogP contribution in [0.2, 0.25) is 0 Å². The molecular weight excluding hydrogens is 483 g/mol. The summed E-state index contributed by atoms with van der Waals surface area (Å²) in [5, 5.41) is 9.75. The lowest BCUT2D eigenvalue weighted by Gasteiger charge is -2.10. The number of hydrogen-bond donors (Lipinski definition) is 2. The van der Waals surface area contributed by atoms with Gasteiger partial charge in [0.1, 0.15) is 10.8 Å². The first-order chi connectivity index (χ1) is 13.3. The molecule has 0 radical (unpaired) electrons. The molecule has 3 rings (SSSR count). The fourth-order valence-electron chi connectivity index (χ4n) is 2.58. The number of nitrogens with zero attached hydrogens (tertiary/aromatic N) is 2. The van der Waals surface area contributed by atoms with Gasteiger partial charge in [-0.05, 0) is 24.6 Å². The molecule has 0 aliphatic heterocycles. The number of halogens is 1. The Labute approximate surface area is 187 Å². The van der Waals surface area contributed by atoms with Gasteiger partial charge in [-0.2, -0.15) is 0 Å². The van der Waals surface area contributed by atoms with Crippen molar-refractivity contribution in [2.45, 2.75) is 20.0 Å². The van der Waals surface area contributed by atoms with E-state index in [2.05, 4.69) is 40.1 Å². The Morgan fingerprint density at radius 2 is 1.93 bits per heavy atom. The summed E-state index contributed by atoms with van der Waals surface area (Å²) in [5.74, 6) is 1.62. The molecule has 148 valence electrons. The smallest absolute Gasteiger partial charge is 0.191 e. The first-order valence-electron chi connectivity index (χ1n) is 8.93. The van der Waals surface area contributed by atoms with Crippen LogP contribution in [0.15, 0.2) is 65.0 Å². The number of benzene rings is 2. The van der Waals surface area contributed by atoms with Crippen LogP contribution in [-0.4, -0.2) is 24.6 Å². The summed E-state index contributed by atoms with van der Waals surface area (Å²) in [4.78, 5) is 9.37. The second-order valence-corrected chi connectivity index (χ2v) is 6.84. The highest BCUT2D eigenvalue weighted by Crippen LogP contribution is 2.21. The highest BCUT2D eigenvalue weighted by Gasteiger charge is 2.05. The molecule has 5 nitrogen and oxygen atoms in total. The number of aliphatic imine (C=N–C) groups is 1. The summed E-state index contributed by atoms with van der Waals surface area (Å²) in [6.07, 6.45) is 0. The molecule has 3 aromatic rings. The van der Waals surface area contributed by atoms with Crippen molar-refractivity contribution in [3.8, 4) is 17.0 Å². The first-order valence-corrected chi connectivity index (χ1v) is 9.81. The number of rotatable bonds is 7. The third kappa shape index (κ3) is 6.49. The summed E-state index contributed by atoms with van der Waals surface area (Å²) < 4.78 is 5.27. The van der Waals surface area contributed by atoms with Crippen LogP contribution in [-0.2, 0) is 13.1 Å². The second-order valence-electron chi connectivity index (χ2n) is 5.89. The van der Waals surface area contributed by atoms with Crippen LogP contribution >= 0.6 is 35.3 Å². The van der Waals surface area contributed by atoms with Gasteiger partial charge >= 0.3 is 0 Å². The van der Waals surface area contributed by atoms with E-state index in [1.807, 2.05) is 42.5 Å². The van der Waals surface area contributed by atoms with E-state index in [1.54, 1.807) is 18.4 Å². The van der Waals surface area contributed by atoms with Crippen molar-refractivity contribution in [1.82, 2.24) is 15.6 Å². The molecule has 0 saturated carbocycles. The Kier molecular flexibility index (Phi) is 9.22. The maximum Gasteiger partial charge on any atom is 0.191 e. The van der Waals surface area contributed by atoms with Crippen molar-refractivity contribution in [3.05, 3.63) is 70.5 Å². The predicted octanol–water partition coefficient (Wildman–Crippen LogP) is 4.69.